The van der Waals surface area contributed by atoms with E-state index in [0.29, 0.717) is 12.1 Å². The van der Waals surface area contributed by atoms with E-state index in [-0.39, 0.29) is 0 Å². The number of hydrogen-bond donors (Lipinski definition) is 1. The van der Waals surface area contributed by atoms with Gasteiger partial charge in [0.2, 0.25) is 0 Å². The summed E-state index contributed by atoms with van der Waals surface area (Å²) in [7, 11) is 0. The lowest BCUT2D eigenvalue weighted by Gasteiger charge is -2.48. The fourth-order valence-electron chi connectivity index (χ4n) is 2.63. The molecular weight excluding hydrogens is 138 g/mol. The Bertz CT molecular complexity index is 148. The molecule has 0 spiro atoms. The molecule has 11 heavy (non-hydrogen) atoms. The molecule has 0 bridgehead atoms. The summed E-state index contributed by atoms with van der Waals surface area (Å²) in [5, 5.41) is 8.73. The molecule has 0 aromatic heterocycles. The average molecular weight is 155 g/mol. The van der Waals surface area contributed by atoms with Gasteiger partial charge in [-0.05, 0) is 38.6 Å². The molecule has 0 aromatic rings. The molecule has 1 unspecified atom stereocenters. The van der Waals surface area contributed by atoms with Crippen molar-refractivity contribution < 1.29 is 5.11 Å². The molecule has 2 rings (SSSR count). The van der Waals surface area contributed by atoms with Crippen LogP contribution in [0.5, 0.6) is 0 Å². The van der Waals surface area contributed by atoms with E-state index in [9.17, 15) is 0 Å². The first kappa shape index (κ1) is 7.56. The van der Waals surface area contributed by atoms with Crippen molar-refractivity contribution in [2.24, 2.45) is 0 Å². The molecule has 0 amide bonds. The quantitative estimate of drug-likeness (QED) is 0.657. The maximum absolute atomic E-state index is 8.73. The lowest BCUT2D eigenvalue weighted by Crippen LogP contribution is -2.55. The molecule has 1 atom stereocenters. The molecule has 2 nitrogen and oxygen atoms in total. The maximum Gasteiger partial charge on any atom is 0.0431 e. The van der Waals surface area contributed by atoms with E-state index in [1.807, 2.05) is 0 Å². The third-order valence-corrected chi connectivity index (χ3v) is 3.39. The highest BCUT2D eigenvalue weighted by atomic mass is 16.2. The molecule has 2 saturated heterocycles. The highest BCUT2D eigenvalue weighted by molar-refractivity contribution is 5.03. The normalized spacial score (nSPS) is 36.8. The first-order valence-electron chi connectivity index (χ1n) is 4.73. The summed E-state index contributed by atoms with van der Waals surface area (Å²) < 4.78 is 0. The van der Waals surface area contributed by atoms with Gasteiger partial charge in [-0.25, -0.2) is 0 Å². The number of rotatable bonds is 3. The summed E-state index contributed by atoms with van der Waals surface area (Å²) in [6.07, 6.45) is 6.37. The highest BCUT2D eigenvalue weighted by Gasteiger charge is 2.46. The standard InChI is InChI=1S/C9H17NO/c11-8-2-4-9-3-1-6-10(9)7-5-9/h11H,1-8H2. The largest absolute Gasteiger partial charge is 0.396 e. The fraction of sp³-hybridized carbons (Fsp3) is 1.00. The minimum atomic E-state index is 0.371. The Morgan fingerprint density at radius 1 is 1.27 bits per heavy atom. The minimum absolute atomic E-state index is 0.371. The van der Waals surface area contributed by atoms with Crippen LogP contribution in [0.4, 0.5) is 0 Å². The molecule has 2 heteroatoms. The lowest BCUT2D eigenvalue weighted by molar-refractivity contribution is 0.0150. The van der Waals surface area contributed by atoms with Gasteiger partial charge in [0.1, 0.15) is 0 Å². The average Bonchev–Trinajstić information content (AvgIpc) is 2.26. The number of fused-ring (bicyclic) bond motifs is 1. The molecule has 2 heterocycles. The van der Waals surface area contributed by atoms with Crippen LogP contribution in [-0.2, 0) is 0 Å². The van der Waals surface area contributed by atoms with Gasteiger partial charge in [-0.3, -0.25) is 4.90 Å². The second-order valence-corrected chi connectivity index (χ2v) is 3.89. The molecule has 2 aliphatic heterocycles. The maximum atomic E-state index is 8.73. The minimum Gasteiger partial charge on any atom is -0.396 e. The van der Waals surface area contributed by atoms with E-state index in [0.717, 1.165) is 6.42 Å². The van der Waals surface area contributed by atoms with Gasteiger partial charge < -0.3 is 5.11 Å². The Labute approximate surface area is 68.2 Å². The Kier molecular flexibility index (Phi) is 1.90. The summed E-state index contributed by atoms with van der Waals surface area (Å²) in [5.41, 5.74) is 0.558. The molecule has 0 aromatic carbocycles. The Morgan fingerprint density at radius 3 is 2.73 bits per heavy atom. The van der Waals surface area contributed by atoms with Crippen molar-refractivity contribution in [3.63, 3.8) is 0 Å². The van der Waals surface area contributed by atoms with Crippen molar-refractivity contribution in [1.82, 2.24) is 4.90 Å². The first-order valence-corrected chi connectivity index (χ1v) is 4.73. The molecule has 0 aliphatic carbocycles. The van der Waals surface area contributed by atoms with Crippen molar-refractivity contribution in [2.75, 3.05) is 19.7 Å². The van der Waals surface area contributed by atoms with Gasteiger partial charge in [-0.15, -0.1) is 0 Å². The SMILES string of the molecule is OCCCC12CCCN1CC2. The van der Waals surface area contributed by atoms with E-state index in [1.54, 1.807) is 0 Å². The molecule has 0 radical (unpaired) electrons. The van der Waals surface area contributed by atoms with E-state index in [1.165, 1.54) is 38.8 Å². The van der Waals surface area contributed by atoms with Gasteiger partial charge >= 0.3 is 0 Å². The fourth-order valence-corrected chi connectivity index (χ4v) is 2.63. The van der Waals surface area contributed by atoms with E-state index >= 15 is 0 Å². The van der Waals surface area contributed by atoms with Crippen LogP contribution in [0.3, 0.4) is 0 Å². The third kappa shape index (κ3) is 1.09. The predicted octanol–water partition coefficient (Wildman–Crippen LogP) is 0.997. The highest BCUT2D eigenvalue weighted by Crippen LogP contribution is 2.43. The van der Waals surface area contributed by atoms with Gasteiger partial charge in [0, 0.05) is 18.7 Å². The topological polar surface area (TPSA) is 23.5 Å². The van der Waals surface area contributed by atoms with Gasteiger partial charge in [0.15, 0.2) is 0 Å². The zero-order valence-electron chi connectivity index (χ0n) is 7.05. The third-order valence-electron chi connectivity index (χ3n) is 3.39. The smallest absolute Gasteiger partial charge is 0.0431 e. The van der Waals surface area contributed by atoms with Crippen LogP contribution >= 0.6 is 0 Å². The number of nitrogens with zero attached hydrogens (tertiary/aromatic N) is 1. The molecule has 64 valence electrons. The van der Waals surface area contributed by atoms with Crippen LogP contribution < -0.4 is 0 Å². The van der Waals surface area contributed by atoms with Crippen molar-refractivity contribution in [3.05, 3.63) is 0 Å². The van der Waals surface area contributed by atoms with Crippen LogP contribution in [0.25, 0.3) is 0 Å². The molecule has 0 saturated carbocycles. The van der Waals surface area contributed by atoms with Gasteiger partial charge in [0.25, 0.3) is 0 Å². The zero-order valence-corrected chi connectivity index (χ0v) is 7.05. The predicted molar refractivity (Wildman–Crippen MR) is 44.5 cm³/mol. The second kappa shape index (κ2) is 2.76. The van der Waals surface area contributed by atoms with Gasteiger partial charge in [-0.1, -0.05) is 0 Å². The summed E-state index contributed by atoms with van der Waals surface area (Å²) in [5.74, 6) is 0. The Balaban J connectivity index is 1.88. The zero-order chi connectivity index (χ0) is 7.73. The van der Waals surface area contributed by atoms with Gasteiger partial charge in [-0.2, -0.15) is 0 Å². The number of hydrogen-bond acceptors (Lipinski definition) is 2. The van der Waals surface area contributed by atoms with Crippen LogP contribution in [-0.4, -0.2) is 35.2 Å². The summed E-state index contributed by atoms with van der Waals surface area (Å²) in [4.78, 5) is 2.60. The Hall–Kier alpha value is -0.0800. The summed E-state index contributed by atoms with van der Waals surface area (Å²) in [6, 6.07) is 0. The van der Waals surface area contributed by atoms with Crippen molar-refractivity contribution in [1.29, 1.82) is 0 Å². The Morgan fingerprint density at radius 2 is 2.18 bits per heavy atom. The first-order chi connectivity index (χ1) is 5.37. The van der Waals surface area contributed by atoms with Crippen molar-refractivity contribution >= 4 is 0 Å². The van der Waals surface area contributed by atoms with Crippen LogP contribution in [0.1, 0.15) is 32.1 Å². The number of aliphatic hydroxyl groups excluding tert-OH is 1. The molecule has 2 fully saturated rings. The summed E-state index contributed by atoms with van der Waals surface area (Å²) >= 11 is 0. The van der Waals surface area contributed by atoms with E-state index < -0.39 is 0 Å². The monoisotopic (exact) mass is 155 g/mol. The van der Waals surface area contributed by atoms with Gasteiger partial charge in [0.05, 0.1) is 0 Å². The number of aliphatic hydroxyl groups is 1. The van der Waals surface area contributed by atoms with E-state index in [4.69, 9.17) is 5.11 Å². The summed E-state index contributed by atoms with van der Waals surface area (Å²) in [6.45, 7) is 2.99. The van der Waals surface area contributed by atoms with Crippen LogP contribution in [0.15, 0.2) is 0 Å². The molecule has 2 aliphatic rings. The van der Waals surface area contributed by atoms with E-state index in [2.05, 4.69) is 4.90 Å². The van der Waals surface area contributed by atoms with Crippen molar-refractivity contribution in [3.8, 4) is 0 Å². The van der Waals surface area contributed by atoms with Crippen LogP contribution in [0, 0.1) is 0 Å². The second-order valence-electron chi connectivity index (χ2n) is 3.89. The molecule has 1 N–H and O–H groups in total. The van der Waals surface area contributed by atoms with Crippen LogP contribution in [0.2, 0.25) is 0 Å². The van der Waals surface area contributed by atoms with Crippen molar-refractivity contribution in [2.45, 2.75) is 37.6 Å². The molecular formula is C9H17NO. The lowest BCUT2D eigenvalue weighted by atomic mass is 9.81.